The molecule has 0 bridgehead atoms. The third-order valence-electron chi connectivity index (χ3n) is 6.19. The molecule has 0 unspecified atom stereocenters. The first kappa shape index (κ1) is 23.1. The molecule has 3 heterocycles. The van der Waals surface area contributed by atoms with Gasteiger partial charge in [0.25, 0.3) is 11.8 Å². The number of imide groups is 1. The normalized spacial score (nSPS) is 20.3. The highest BCUT2D eigenvalue weighted by Crippen LogP contribution is 2.38. The smallest absolute Gasteiger partial charge is 0.311 e. The van der Waals surface area contributed by atoms with Crippen LogP contribution in [-0.4, -0.2) is 44.1 Å². The fraction of sp³-hybridized carbons (Fsp3) is 0.500. The van der Waals surface area contributed by atoms with Gasteiger partial charge in [0.15, 0.2) is 0 Å². The summed E-state index contributed by atoms with van der Waals surface area (Å²) in [4.78, 5) is 51.0. The molecule has 0 aliphatic carbocycles. The number of hydroxylamine groups is 4. The monoisotopic (exact) mass is 454 g/mol. The Morgan fingerprint density at radius 1 is 1.03 bits per heavy atom. The number of rotatable bonds is 5. The van der Waals surface area contributed by atoms with E-state index in [4.69, 9.17) is 9.68 Å². The van der Waals surface area contributed by atoms with Crippen molar-refractivity contribution in [2.75, 3.05) is 5.32 Å². The maximum Gasteiger partial charge on any atom is 0.436 e. The van der Waals surface area contributed by atoms with Gasteiger partial charge in [0.05, 0.1) is 11.2 Å². The second-order valence-corrected chi connectivity index (χ2v) is 9.84. The first-order valence-electron chi connectivity index (χ1n) is 11.2. The summed E-state index contributed by atoms with van der Waals surface area (Å²) >= 11 is 0. The summed E-state index contributed by atoms with van der Waals surface area (Å²) < 4.78 is 0. The molecule has 2 saturated heterocycles. The van der Waals surface area contributed by atoms with Crippen molar-refractivity contribution in [3.63, 3.8) is 0 Å². The fourth-order valence-electron chi connectivity index (χ4n) is 4.66. The number of amides is 3. The average molecular weight is 455 g/mol. The molecular formula is C24H30N4O5. The molecule has 2 aliphatic heterocycles. The van der Waals surface area contributed by atoms with E-state index in [1.807, 2.05) is 12.1 Å². The molecule has 176 valence electrons. The van der Waals surface area contributed by atoms with Crippen LogP contribution in [0.3, 0.4) is 0 Å². The minimum atomic E-state index is -0.900. The van der Waals surface area contributed by atoms with Crippen LogP contribution in [0.4, 0.5) is 10.5 Å². The maximum atomic E-state index is 12.1. The van der Waals surface area contributed by atoms with E-state index < -0.39 is 17.9 Å². The van der Waals surface area contributed by atoms with Crippen molar-refractivity contribution in [1.82, 2.24) is 15.1 Å². The Hall–Kier alpha value is -3.04. The Labute approximate surface area is 192 Å². The van der Waals surface area contributed by atoms with E-state index in [1.165, 1.54) is 6.42 Å². The number of carbonyl (C=O) groups excluding carboxylic acids is 3. The number of anilines is 1. The molecule has 0 spiro atoms. The van der Waals surface area contributed by atoms with Gasteiger partial charge in [0, 0.05) is 35.0 Å². The van der Waals surface area contributed by atoms with E-state index in [0.29, 0.717) is 17.4 Å². The lowest BCUT2D eigenvalue weighted by Crippen LogP contribution is -2.58. The topological polar surface area (TPSA) is 101 Å². The predicted octanol–water partition coefficient (Wildman–Crippen LogP) is 4.32. The molecule has 3 amide bonds. The molecule has 2 fully saturated rings. The average Bonchev–Trinajstić information content (AvgIpc) is 3.04. The van der Waals surface area contributed by atoms with Crippen LogP contribution in [0.15, 0.2) is 30.3 Å². The Balaban J connectivity index is 1.41. The summed E-state index contributed by atoms with van der Waals surface area (Å²) in [5, 5.41) is 5.98. The van der Waals surface area contributed by atoms with Crippen molar-refractivity contribution < 1.29 is 24.1 Å². The Bertz CT molecular complexity index is 1070. The lowest BCUT2D eigenvalue weighted by atomic mass is 9.82. The molecule has 33 heavy (non-hydrogen) atoms. The summed E-state index contributed by atoms with van der Waals surface area (Å²) in [6.45, 7) is 9.19. The van der Waals surface area contributed by atoms with E-state index in [-0.39, 0.29) is 23.9 Å². The van der Waals surface area contributed by atoms with E-state index in [0.717, 1.165) is 29.4 Å². The van der Waals surface area contributed by atoms with Gasteiger partial charge in [-0.3, -0.25) is 24.7 Å². The van der Waals surface area contributed by atoms with Crippen LogP contribution in [-0.2, 0) is 25.9 Å². The maximum absolute atomic E-state index is 12.1. The summed E-state index contributed by atoms with van der Waals surface area (Å²) in [5.41, 5.74) is 1.95. The van der Waals surface area contributed by atoms with Crippen LogP contribution in [0, 0.1) is 0 Å². The van der Waals surface area contributed by atoms with Crippen molar-refractivity contribution in [2.45, 2.75) is 77.5 Å². The number of fused-ring (bicyclic) bond motifs is 1. The Kier molecular flexibility index (Phi) is 6.11. The summed E-state index contributed by atoms with van der Waals surface area (Å²) in [7, 11) is 0. The zero-order valence-corrected chi connectivity index (χ0v) is 19.5. The zero-order valence-electron chi connectivity index (χ0n) is 19.5. The minimum absolute atomic E-state index is 0.0436. The molecule has 0 radical (unpaired) electrons. The summed E-state index contributed by atoms with van der Waals surface area (Å²) in [6.07, 6.45) is 2.55. The van der Waals surface area contributed by atoms with Crippen LogP contribution in [0.5, 0.6) is 0 Å². The number of benzene rings is 1. The first-order valence-corrected chi connectivity index (χ1v) is 11.2. The Morgan fingerprint density at radius 2 is 1.70 bits per heavy atom. The summed E-state index contributed by atoms with van der Waals surface area (Å²) in [5.74, 6) is -1.05. The summed E-state index contributed by atoms with van der Waals surface area (Å²) in [6, 6.07) is 9.04. The van der Waals surface area contributed by atoms with E-state index in [9.17, 15) is 14.4 Å². The van der Waals surface area contributed by atoms with Gasteiger partial charge < -0.3 is 4.84 Å². The standard InChI is InChI=1S/C24H30N4O5/c1-23(2)12-5-13-24(3,4)28(23)32-15-18-7-6-16-14-17(8-9-19(16)25-18)26-22(31)33-27-20(29)10-11-21(27)30/h6-9,14H,5,10-13,15H2,1-4H3,(H,26,31). The first-order chi connectivity index (χ1) is 15.5. The third kappa shape index (κ3) is 4.99. The van der Waals surface area contributed by atoms with Gasteiger partial charge in [0.1, 0.15) is 6.61 Å². The molecule has 2 aromatic rings. The van der Waals surface area contributed by atoms with Gasteiger partial charge >= 0.3 is 6.09 Å². The number of aromatic nitrogens is 1. The Morgan fingerprint density at radius 3 is 2.36 bits per heavy atom. The molecular weight excluding hydrogens is 424 g/mol. The highest BCUT2D eigenvalue weighted by Gasteiger charge is 2.42. The van der Waals surface area contributed by atoms with Crippen molar-refractivity contribution in [3.05, 3.63) is 36.0 Å². The van der Waals surface area contributed by atoms with Crippen molar-refractivity contribution >= 4 is 34.5 Å². The van der Waals surface area contributed by atoms with Crippen LogP contribution >= 0.6 is 0 Å². The zero-order chi connectivity index (χ0) is 23.8. The number of carbonyl (C=O) groups is 3. The van der Waals surface area contributed by atoms with Crippen LogP contribution in [0.2, 0.25) is 0 Å². The van der Waals surface area contributed by atoms with Crippen LogP contribution in [0.1, 0.15) is 65.5 Å². The number of hydrogen-bond acceptors (Lipinski definition) is 7. The van der Waals surface area contributed by atoms with E-state index in [2.05, 4.69) is 43.1 Å². The van der Waals surface area contributed by atoms with Gasteiger partial charge in [-0.05, 0) is 71.2 Å². The van der Waals surface area contributed by atoms with Gasteiger partial charge in [-0.2, -0.15) is 5.06 Å². The second-order valence-electron chi connectivity index (χ2n) is 9.84. The molecule has 0 atom stereocenters. The molecule has 9 nitrogen and oxygen atoms in total. The molecule has 1 aromatic heterocycles. The molecule has 2 aliphatic rings. The van der Waals surface area contributed by atoms with Crippen molar-refractivity contribution in [1.29, 1.82) is 0 Å². The molecule has 4 rings (SSSR count). The second kappa shape index (κ2) is 8.72. The highest BCUT2D eigenvalue weighted by molar-refractivity contribution is 6.02. The largest absolute Gasteiger partial charge is 0.436 e. The number of nitrogens with zero attached hydrogens (tertiary/aromatic N) is 3. The molecule has 0 saturated carbocycles. The van der Waals surface area contributed by atoms with Crippen LogP contribution in [0.25, 0.3) is 10.9 Å². The number of hydrogen-bond donors (Lipinski definition) is 1. The van der Waals surface area contributed by atoms with Gasteiger partial charge in [-0.25, -0.2) is 4.79 Å². The third-order valence-corrected chi connectivity index (χ3v) is 6.19. The van der Waals surface area contributed by atoms with Gasteiger partial charge in [0.2, 0.25) is 0 Å². The lowest BCUT2D eigenvalue weighted by molar-refractivity contribution is -0.288. The van der Waals surface area contributed by atoms with Gasteiger partial charge in [-0.15, -0.1) is 5.06 Å². The lowest BCUT2D eigenvalue weighted by Gasteiger charge is -2.51. The molecule has 9 heteroatoms. The van der Waals surface area contributed by atoms with Crippen LogP contribution < -0.4 is 5.32 Å². The van der Waals surface area contributed by atoms with E-state index >= 15 is 0 Å². The minimum Gasteiger partial charge on any atom is -0.311 e. The highest BCUT2D eigenvalue weighted by atomic mass is 16.7. The molecule has 1 aromatic carbocycles. The van der Waals surface area contributed by atoms with Crippen molar-refractivity contribution in [3.8, 4) is 0 Å². The molecule has 1 N–H and O–H groups in total. The quantitative estimate of drug-likeness (QED) is 0.671. The van der Waals surface area contributed by atoms with Gasteiger partial charge in [-0.1, -0.05) is 6.07 Å². The fourth-order valence-corrected chi connectivity index (χ4v) is 4.66. The number of piperidine rings is 1. The van der Waals surface area contributed by atoms with Crippen molar-refractivity contribution in [2.24, 2.45) is 0 Å². The van der Waals surface area contributed by atoms with E-state index in [1.54, 1.807) is 18.2 Å². The SMILES string of the molecule is CC1(C)CCCC(C)(C)N1OCc1ccc2cc(NC(=O)ON3C(=O)CCC3=O)ccc2n1. The predicted molar refractivity (Wildman–Crippen MR) is 122 cm³/mol. The number of pyridine rings is 1. The number of nitrogens with one attached hydrogen (secondary N) is 1.